The van der Waals surface area contributed by atoms with Gasteiger partial charge in [0.2, 0.25) is 5.91 Å². The second-order valence-electron chi connectivity index (χ2n) is 7.93. The molecule has 0 fully saturated rings. The highest BCUT2D eigenvalue weighted by atomic mass is 19.1. The first-order valence-electron chi connectivity index (χ1n) is 10.5. The van der Waals surface area contributed by atoms with Crippen molar-refractivity contribution in [2.24, 2.45) is 0 Å². The molecule has 4 aromatic rings. The van der Waals surface area contributed by atoms with Crippen molar-refractivity contribution in [3.8, 4) is 11.4 Å². The summed E-state index contributed by atoms with van der Waals surface area (Å²) in [4.78, 5) is 57.3. The van der Waals surface area contributed by atoms with E-state index in [9.17, 15) is 28.9 Å². The van der Waals surface area contributed by atoms with Gasteiger partial charge in [-0.3, -0.25) is 29.4 Å². The number of benzene rings is 3. The first kappa shape index (κ1) is 21.9. The Morgan fingerprint density at radius 1 is 1.11 bits per heavy atom. The van der Waals surface area contributed by atoms with E-state index in [2.05, 4.69) is 15.3 Å². The summed E-state index contributed by atoms with van der Waals surface area (Å²) in [5, 5.41) is 13.9. The number of imidazole rings is 1. The van der Waals surface area contributed by atoms with E-state index in [-0.39, 0.29) is 11.1 Å². The van der Waals surface area contributed by atoms with Crippen LogP contribution in [0.5, 0.6) is 0 Å². The van der Waals surface area contributed by atoms with Crippen LogP contribution in [0.4, 0.5) is 15.8 Å². The number of hydrogen-bond donors (Lipinski definition) is 2. The second-order valence-corrected chi connectivity index (χ2v) is 7.93. The number of anilines is 1. The molecule has 1 unspecified atom stereocenters. The molecule has 0 saturated carbocycles. The van der Waals surface area contributed by atoms with Gasteiger partial charge in [-0.25, -0.2) is 9.37 Å². The van der Waals surface area contributed by atoms with Crippen LogP contribution in [0.1, 0.15) is 27.6 Å². The van der Waals surface area contributed by atoms with Gasteiger partial charge in [-0.15, -0.1) is 0 Å². The van der Waals surface area contributed by atoms with E-state index < -0.39 is 40.2 Å². The highest BCUT2D eigenvalue weighted by Gasteiger charge is 2.44. The summed E-state index contributed by atoms with van der Waals surface area (Å²) in [6, 6.07) is 13.3. The largest absolute Gasteiger partial charge is 0.338 e. The van der Waals surface area contributed by atoms with Crippen LogP contribution in [0.2, 0.25) is 0 Å². The average molecular weight is 473 g/mol. The molecule has 10 nitrogen and oxygen atoms in total. The third-order valence-corrected chi connectivity index (χ3v) is 5.74. The Hall–Kier alpha value is -4.93. The van der Waals surface area contributed by atoms with Crippen LogP contribution in [-0.4, -0.2) is 43.6 Å². The molecule has 1 atom stereocenters. The number of carbonyl (C=O) groups excluding carboxylic acids is 3. The molecule has 2 heterocycles. The number of fused-ring (bicyclic) bond motifs is 2. The minimum Gasteiger partial charge on any atom is -0.338 e. The van der Waals surface area contributed by atoms with E-state index in [1.54, 1.807) is 30.3 Å². The number of H-pyrrole nitrogens is 1. The molecule has 11 heteroatoms. The highest BCUT2D eigenvalue weighted by Crippen LogP contribution is 2.32. The van der Waals surface area contributed by atoms with E-state index >= 15 is 0 Å². The smallest absolute Gasteiger partial charge is 0.282 e. The van der Waals surface area contributed by atoms with Crippen LogP contribution in [0.25, 0.3) is 22.4 Å². The van der Waals surface area contributed by atoms with E-state index in [4.69, 9.17) is 0 Å². The standard InChI is InChI=1S/C24H16FN5O5/c1-12(29-23(32)16-6-3-7-19(30(34)35)20(16)24(29)33)22(31)26-15-8-9-17-18(11-15)28-21(27-17)13-4-2-5-14(25)10-13/h2-12H,1H3,(H,26,31)(H,27,28). The lowest BCUT2D eigenvalue weighted by atomic mass is 10.1. The molecular weight excluding hydrogens is 457 g/mol. The van der Waals surface area contributed by atoms with E-state index in [0.717, 1.165) is 6.07 Å². The van der Waals surface area contributed by atoms with Crippen LogP contribution < -0.4 is 5.32 Å². The van der Waals surface area contributed by atoms with Gasteiger partial charge >= 0.3 is 0 Å². The number of nitrogens with one attached hydrogen (secondary N) is 2. The number of hydrogen-bond acceptors (Lipinski definition) is 6. The molecule has 3 amide bonds. The van der Waals surface area contributed by atoms with Gasteiger partial charge in [0.25, 0.3) is 17.5 Å². The monoisotopic (exact) mass is 473 g/mol. The molecule has 35 heavy (non-hydrogen) atoms. The summed E-state index contributed by atoms with van der Waals surface area (Å²) >= 11 is 0. The summed E-state index contributed by atoms with van der Waals surface area (Å²) in [6.07, 6.45) is 0. The summed E-state index contributed by atoms with van der Waals surface area (Å²) in [5.41, 5.74) is 1.15. The predicted molar refractivity (Wildman–Crippen MR) is 123 cm³/mol. The first-order chi connectivity index (χ1) is 16.7. The molecule has 2 N–H and O–H groups in total. The van der Waals surface area contributed by atoms with Crippen molar-refractivity contribution in [3.05, 3.63) is 87.7 Å². The molecule has 5 rings (SSSR count). The molecule has 1 aromatic heterocycles. The molecule has 174 valence electrons. The fraction of sp³-hybridized carbons (Fsp3) is 0.0833. The lowest BCUT2D eigenvalue weighted by molar-refractivity contribution is -0.385. The summed E-state index contributed by atoms with van der Waals surface area (Å²) in [5.74, 6) is -2.29. The van der Waals surface area contributed by atoms with Crippen LogP contribution >= 0.6 is 0 Å². The van der Waals surface area contributed by atoms with Crippen molar-refractivity contribution < 1.29 is 23.7 Å². The quantitative estimate of drug-likeness (QED) is 0.256. The van der Waals surface area contributed by atoms with Crippen molar-refractivity contribution >= 4 is 40.1 Å². The SMILES string of the molecule is CC(C(=O)Nc1ccc2nc(-c3cccc(F)c3)[nH]c2c1)N1C(=O)c2cccc([N+](=O)[O-])c2C1=O. The molecule has 0 saturated heterocycles. The van der Waals surface area contributed by atoms with Gasteiger partial charge in [0, 0.05) is 17.3 Å². The van der Waals surface area contributed by atoms with Gasteiger partial charge in [0.1, 0.15) is 23.2 Å². The zero-order chi connectivity index (χ0) is 24.9. The number of rotatable bonds is 5. The van der Waals surface area contributed by atoms with Crippen molar-refractivity contribution in [2.75, 3.05) is 5.32 Å². The van der Waals surface area contributed by atoms with Gasteiger partial charge in [-0.2, -0.15) is 0 Å². The van der Waals surface area contributed by atoms with Crippen molar-refractivity contribution in [2.45, 2.75) is 13.0 Å². The Balaban J connectivity index is 1.38. The minimum absolute atomic E-state index is 0.118. The maximum atomic E-state index is 13.5. The maximum absolute atomic E-state index is 13.5. The Morgan fingerprint density at radius 2 is 1.89 bits per heavy atom. The first-order valence-corrected chi connectivity index (χ1v) is 10.5. The fourth-order valence-corrected chi connectivity index (χ4v) is 4.01. The van der Waals surface area contributed by atoms with Gasteiger partial charge in [-0.1, -0.05) is 18.2 Å². The number of nitro benzene ring substituents is 1. The zero-order valence-corrected chi connectivity index (χ0v) is 18.1. The van der Waals surface area contributed by atoms with Crippen molar-refractivity contribution in [1.82, 2.24) is 14.9 Å². The normalized spacial score (nSPS) is 13.7. The molecular formula is C24H16FN5O5. The molecule has 3 aromatic carbocycles. The van der Waals surface area contributed by atoms with Crippen molar-refractivity contribution in [1.29, 1.82) is 0 Å². The summed E-state index contributed by atoms with van der Waals surface area (Å²) in [6.45, 7) is 1.36. The minimum atomic E-state index is -1.23. The molecule has 0 aliphatic carbocycles. The number of nitrogens with zero attached hydrogens (tertiary/aromatic N) is 3. The Labute approximate surface area is 196 Å². The van der Waals surface area contributed by atoms with Crippen molar-refractivity contribution in [3.63, 3.8) is 0 Å². The van der Waals surface area contributed by atoms with Crippen LogP contribution in [-0.2, 0) is 4.79 Å². The number of carbonyl (C=O) groups is 3. The lowest BCUT2D eigenvalue weighted by Gasteiger charge is -2.21. The van der Waals surface area contributed by atoms with Gasteiger partial charge in [-0.05, 0) is 43.3 Å². The fourth-order valence-electron chi connectivity index (χ4n) is 4.01. The molecule has 1 aliphatic heterocycles. The van der Waals surface area contributed by atoms with Gasteiger partial charge < -0.3 is 10.3 Å². The third kappa shape index (κ3) is 3.68. The molecule has 0 bridgehead atoms. The van der Waals surface area contributed by atoms with Crippen LogP contribution in [0, 0.1) is 15.9 Å². The molecule has 0 spiro atoms. The number of nitro groups is 1. The Kier molecular flexibility index (Phi) is 5.09. The van der Waals surface area contributed by atoms with Gasteiger partial charge in [0.05, 0.1) is 21.5 Å². The molecule has 1 aliphatic rings. The van der Waals surface area contributed by atoms with Gasteiger partial charge in [0.15, 0.2) is 0 Å². The van der Waals surface area contributed by atoms with Crippen LogP contribution in [0.15, 0.2) is 60.7 Å². The predicted octanol–water partition coefficient (Wildman–Crippen LogP) is 3.90. The maximum Gasteiger partial charge on any atom is 0.282 e. The molecule has 0 radical (unpaired) electrons. The number of aromatic nitrogens is 2. The average Bonchev–Trinajstić information content (AvgIpc) is 3.37. The number of imide groups is 1. The number of halogens is 1. The van der Waals surface area contributed by atoms with E-state index in [1.165, 1.54) is 31.2 Å². The lowest BCUT2D eigenvalue weighted by Crippen LogP contribution is -2.45. The summed E-state index contributed by atoms with van der Waals surface area (Å²) in [7, 11) is 0. The second kappa shape index (κ2) is 8.13. The number of amides is 3. The topological polar surface area (TPSA) is 138 Å². The highest BCUT2D eigenvalue weighted by molar-refractivity contribution is 6.24. The zero-order valence-electron chi connectivity index (χ0n) is 18.1. The number of aromatic amines is 1. The van der Waals surface area contributed by atoms with Crippen LogP contribution in [0.3, 0.4) is 0 Å². The Bertz CT molecular complexity index is 1560. The van der Waals surface area contributed by atoms with E-state index in [1.807, 2.05) is 0 Å². The summed E-state index contributed by atoms with van der Waals surface area (Å²) < 4.78 is 13.5. The van der Waals surface area contributed by atoms with E-state index in [0.29, 0.717) is 33.0 Å². The Morgan fingerprint density at radius 3 is 2.63 bits per heavy atom. The third-order valence-electron chi connectivity index (χ3n) is 5.74.